The lowest BCUT2D eigenvalue weighted by Gasteiger charge is -2.13. The van der Waals surface area contributed by atoms with Gasteiger partial charge in [0.05, 0.1) is 10.0 Å². The first kappa shape index (κ1) is 17.4. The molecule has 0 unspecified atom stereocenters. The summed E-state index contributed by atoms with van der Waals surface area (Å²) in [5, 5.41) is 7.73. The molecule has 1 heterocycles. The molecule has 24 heavy (non-hydrogen) atoms. The number of hydrogen-bond acceptors (Lipinski definition) is 4. The number of halogens is 3. The number of nitrogens with zero attached hydrogens (tertiary/aromatic N) is 1. The van der Waals surface area contributed by atoms with Crippen LogP contribution in [0.5, 0.6) is 5.75 Å². The molecule has 3 aromatic rings. The fraction of sp³-hybridized carbons (Fsp3) is 0.118. The first-order valence-corrected chi connectivity index (χ1v) is 9.11. The molecule has 3 nitrogen and oxygen atoms in total. The lowest BCUT2D eigenvalue weighted by atomic mass is 10.2. The minimum absolute atomic E-state index is 0.392. The molecule has 0 saturated carbocycles. The molecule has 1 N–H and O–H groups in total. The second-order valence-corrected chi connectivity index (χ2v) is 7.13. The smallest absolute Gasteiger partial charge is 0.182 e. The topological polar surface area (TPSA) is 34.1 Å². The first-order chi connectivity index (χ1) is 11.6. The Kier molecular flexibility index (Phi) is 5.85. The molecule has 0 atom stereocenters. The molecule has 2 aromatic carbocycles. The molecule has 3 rings (SSSR count). The summed E-state index contributed by atoms with van der Waals surface area (Å²) in [7, 11) is 0. The van der Waals surface area contributed by atoms with Gasteiger partial charge in [-0.1, -0.05) is 40.9 Å². The lowest BCUT2D eigenvalue weighted by molar-refractivity contribution is 0.303. The van der Waals surface area contributed by atoms with Crippen LogP contribution in [0, 0.1) is 0 Å². The highest BCUT2D eigenvalue weighted by atomic mass is 35.5. The third-order valence-corrected chi connectivity index (χ3v) is 4.97. The van der Waals surface area contributed by atoms with E-state index in [-0.39, 0.29) is 0 Å². The summed E-state index contributed by atoms with van der Waals surface area (Å²) in [4.78, 5) is 4.20. The number of hydrogen-bond donors (Lipinski definition) is 1. The van der Waals surface area contributed by atoms with Gasteiger partial charge < -0.3 is 10.1 Å². The highest BCUT2D eigenvalue weighted by Crippen LogP contribution is 2.27. The van der Waals surface area contributed by atoms with E-state index in [1.807, 2.05) is 23.6 Å². The Morgan fingerprint density at radius 3 is 2.67 bits per heavy atom. The van der Waals surface area contributed by atoms with Gasteiger partial charge in [-0.2, -0.15) is 0 Å². The largest absolute Gasteiger partial charge is 0.489 e. The maximum absolute atomic E-state index is 6.10. The minimum atomic E-state index is 0.392. The summed E-state index contributed by atoms with van der Waals surface area (Å²) in [6.07, 6.45) is 1.76. The van der Waals surface area contributed by atoms with E-state index in [9.17, 15) is 0 Å². The van der Waals surface area contributed by atoms with Gasteiger partial charge in [0.1, 0.15) is 12.4 Å². The summed E-state index contributed by atoms with van der Waals surface area (Å²) in [5.41, 5.74) is 1.90. The van der Waals surface area contributed by atoms with Gasteiger partial charge in [-0.25, -0.2) is 4.98 Å². The molecule has 0 saturated heterocycles. The van der Waals surface area contributed by atoms with E-state index in [2.05, 4.69) is 10.3 Å². The standard InChI is InChI=1S/C17H13Cl3N2OS/c18-13-2-4-16(12(8-13)9-22-17-21-5-6-24-17)23-10-11-1-3-14(19)15(20)7-11/h1-8H,9-10H2,(H,21,22). The quantitative estimate of drug-likeness (QED) is 0.528. The molecule has 0 fully saturated rings. The van der Waals surface area contributed by atoms with Crippen LogP contribution >= 0.6 is 46.1 Å². The normalized spacial score (nSPS) is 10.6. The zero-order chi connectivity index (χ0) is 16.9. The summed E-state index contributed by atoms with van der Waals surface area (Å²) in [6, 6.07) is 11.0. The molecule has 7 heteroatoms. The summed E-state index contributed by atoms with van der Waals surface area (Å²) in [6.45, 7) is 0.966. The van der Waals surface area contributed by atoms with Crippen LogP contribution in [0.4, 0.5) is 5.13 Å². The van der Waals surface area contributed by atoms with Crippen molar-refractivity contribution in [3.63, 3.8) is 0 Å². The van der Waals surface area contributed by atoms with Crippen molar-refractivity contribution in [1.29, 1.82) is 0 Å². The third kappa shape index (κ3) is 4.54. The van der Waals surface area contributed by atoms with Crippen molar-refractivity contribution >= 4 is 51.3 Å². The highest BCUT2D eigenvalue weighted by Gasteiger charge is 2.07. The van der Waals surface area contributed by atoms with Crippen LogP contribution in [-0.4, -0.2) is 4.98 Å². The van der Waals surface area contributed by atoms with Gasteiger partial charge in [-0.3, -0.25) is 0 Å². The van der Waals surface area contributed by atoms with Crippen molar-refractivity contribution in [2.45, 2.75) is 13.2 Å². The van der Waals surface area contributed by atoms with Crippen molar-refractivity contribution in [3.8, 4) is 5.75 Å². The number of benzene rings is 2. The van der Waals surface area contributed by atoms with Gasteiger partial charge in [0.15, 0.2) is 5.13 Å². The van der Waals surface area contributed by atoms with Gasteiger partial charge in [-0.05, 0) is 35.9 Å². The maximum atomic E-state index is 6.10. The second-order valence-electron chi connectivity index (χ2n) is 4.98. The van der Waals surface area contributed by atoms with E-state index in [0.717, 1.165) is 22.0 Å². The molecular formula is C17H13Cl3N2OS. The van der Waals surface area contributed by atoms with Gasteiger partial charge in [0, 0.05) is 28.7 Å². The Balaban J connectivity index is 1.71. The number of thiazole rings is 1. The van der Waals surface area contributed by atoms with E-state index in [1.54, 1.807) is 35.7 Å². The zero-order valence-electron chi connectivity index (χ0n) is 12.4. The van der Waals surface area contributed by atoms with E-state index in [1.165, 1.54) is 0 Å². The molecule has 0 spiro atoms. The molecule has 1 aromatic heterocycles. The monoisotopic (exact) mass is 398 g/mol. The lowest BCUT2D eigenvalue weighted by Crippen LogP contribution is -2.03. The SMILES string of the molecule is Clc1ccc(OCc2ccc(Cl)c(Cl)c2)c(CNc2nccs2)c1. The maximum Gasteiger partial charge on any atom is 0.182 e. The molecule has 124 valence electrons. The Morgan fingerprint density at radius 1 is 1.04 bits per heavy atom. The van der Waals surface area contributed by atoms with Crippen molar-refractivity contribution in [2.75, 3.05) is 5.32 Å². The van der Waals surface area contributed by atoms with Crippen LogP contribution in [0.25, 0.3) is 0 Å². The molecular weight excluding hydrogens is 387 g/mol. The number of anilines is 1. The summed E-state index contributed by atoms with van der Waals surface area (Å²) in [5.74, 6) is 0.759. The van der Waals surface area contributed by atoms with Gasteiger partial charge in [0.25, 0.3) is 0 Å². The molecule has 0 aliphatic rings. The van der Waals surface area contributed by atoms with E-state index in [4.69, 9.17) is 39.5 Å². The number of rotatable bonds is 6. The average Bonchev–Trinajstić information content (AvgIpc) is 3.08. The highest BCUT2D eigenvalue weighted by molar-refractivity contribution is 7.13. The minimum Gasteiger partial charge on any atom is -0.489 e. The van der Waals surface area contributed by atoms with Gasteiger partial charge in [-0.15, -0.1) is 11.3 Å². The Morgan fingerprint density at radius 2 is 1.92 bits per heavy atom. The Labute approximate surface area is 159 Å². The number of aromatic nitrogens is 1. The second kappa shape index (κ2) is 8.08. The Hall–Kier alpha value is -1.46. The fourth-order valence-electron chi connectivity index (χ4n) is 2.10. The van der Waals surface area contributed by atoms with Crippen LogP contribution in [-0.2, 0) is 13.2 Å². The van der Waals surface area contributed by atoms with Crippen LogP contribution in [0.15, 0.2) is 48.0 Å². The van der Waals surface area contributed by atoms with Crippen LogP contribution in [0.3, 0.4) is 0 Å². The van der Waals surface area contributed by atoms with Crippen LogP contribution in [0.1, 0.15) is 11.1 Å². The predicted molar refractivity (Wildman–Crippen MR) is 102 cm³/mol. The van der Waals surface area contributed by atoms with Gasteiger partial charge in [0.2, 0.25) is 0 Å². The number of ether oxygens (including phenoxy) is 1. The molecule has 0 radical (unpaired) electrons. The van der Waals surface area contributed by atoms with Crippen LogP contribution in [0.2, 0.25) is 15.1 Å². The van der Waals surface area contributed by atoms with Crippen LogP contribution < -0.4 is 10.1 Å². The molecule has 0 bridgehead atoms. The number of nitrogens with one attached hydrogen (secondary N) is 1. The average molecular weight is 400 g/mol. The molecule has 0 amide bonds. The van der Waals surface area contributed by atoms with E-state index < -0.39 is 0 Å². The van der Waals surface area contributed by atoms with E-state index in [0.29, 0.717) is 28.2 Å². The van der Waals surface area contributed by atoms with Crippen molar-refractivity contribution < 1.29 is 4.74 Å². The molecule has 0 aliphatic heterocycles. The van der Waals surface area contributed by atoms with Crippen molar-refractivity contribution in [3.05, 3.63) is 74.2 Å². The Bertz CT molecular complexity index is 825. The molecule has 0 aliphatic carbocycles. The van der Waals surface area contributed by atoms with E-state index >= 15 is 0 Å². The first-order valence-electron chi connectivity index (χ1n) is 7.10. The fourth-order valence-corrected chi connectivity index (χ4v) is 3.14. The van der Waals surface area contributed by atoms with Crippen molar-refractivity contribution in [1.82, 2.24) is 4.98 Å². The summed E-state index contributed by atoms with van der Waals surface area (Å²) < 4.78 is 5.93. The summed E-state index contributed by atoms with van der Waals surface area (Å²) >= 11 is 19.6. The van der Waals surface area contributed by atoms with Crippen molar-refractivity contribution in [2.24, 2.45) is 0 Å². The zero-order valence-corrected chi connectivity index (χ0v) is 15.5. The third-order valence-electron chi connectivity index (χ3n) is 3.26. The van der Waals surface area contributed by atoms with Gasteiger partial charge >= 0.3 is 0 Å². The predicted octanol–water partition coefficient (Wildman–Crippen LogP) is 6.29.